The van der Waals surface area contributed by atoms with Gasteiger partial charge in [-0.25, -0.2) is 9.48 Å². The van der Waals surface area contributed by atoms with Gasteiger partial charge in [-0.1, -0.05) is 41.6 Å². The zero-order valence-electron chi connectivity index (χ0n) is 13.6. The van der Waals surface area contributed by atoms with E-state index in [1.807, 2.05) is 48.5 Å². The van der Waals surface area contributed by atoms with E-state index >= 15 is 0 Å². The van der Waals surface area contributed by atoms with Gasteiger partial charge in [0.05, 0.1) is 24.3 Å². The molecule has 1 heterocycles. The van der Waals surface area contributed by atoms with Crippen LogP contribution in [0.4, 0.5) is 0 Å². The fraction of sp³-hybridized carbons (Fsp3) is 0.167. The molecule has 0 spiro atoms. The van der Waals surface area contributed by atoms with Crippen LogP contribution in [0.5, 0.6) is 5.75 Å². The van der Waals surface area contributed by atoms with Gasteiger partial charge >= 0.3 is 5.97 Å². The van der Waals surface area contributed by atoms with E-state index in [1.54, 1.807) is 18.0 Å². The highest BCUT2D eigenvalue weighted by Gasteiger charge is 2.13. The monoisotopic (exact) mass is 401 g/mol. The summed E-state index contributed by atoms with van der Waals surface area (Å²) in [5.74, 6) is 0.213. The minimum atomic E-state index is -0.508. The maximum atomic E-state index is 12.1. The third-order valence-electron chi connectivity index (χ3n) is 3.52. The Morgan fingerprint density at radius 3 is 2.68 bits per heavy atom. The molecule has 0 aliphatic carbocycles. The molecule has 25 heavy (non-hydrogen) atoms. The number of esters is 1. The molecule has 7 heteroatoms. The molecule has 0 amide bonds. The number of carbonyl (C=O) groups excluding carboxylic acids is 1. The Balaban J connectivity index is 1.59. The molecule has 0 radical (unpaired) electrons. The molecule has 3 rings (SSSR count). The van der Waals surface area contributed by atoms with E-state index in [-0.39, 0.29) is 12.3 Å². The van der Waals surface area contributed by atoms with Crippen molar-refractivity contribution in [2.24, 2.45) is 0 Å². The van der Waals surface area contributed by atoms with Crippen LogP contribution in [0.25, 0.3) is 0 Å². The summed E-state index contributed by atoms with van der Waals surface area (Å²) in [6.07, 6.45) is 1.58. The van der Waals surface area contributed by atoms with Crippen LogP contribution in [-0.4, -0.2) is 28.1 Å². The first-order valence-electron chi connectivity index (χ1n) is 7.59. The Morgan fingerprint density at radius 2 is 1.96 bits per heavy atom. The van der Waals surface area contributed by atoms with E-state index in [4.69, 9.17) is 9.47 Å². The van der Waals surface area contributed by atoms with Crippen LogP contribution < -0.4 is 4.74 Å². The van der Waals surface area contributed by atoms with Gasteiger partial charge in [-0.2, -0.15) is 0 Å². The molecule has 0 atom stereocenters. The van der Waals surface area contributed by atoms with E-state index in [0.29, 0.717) is 6.54 Å². The minimum absolute atomic E-state index is 0.146. The van der Waals surface area contributed by atoms with Crippen LogP contribution >= 0.6 is 15.9 Å². The van der Waals surface area contributed by atoms with Gasteiger partial charge in [0.1, 0.15) is 12.4 Å². The first-order chi connectivity index (χ1) is 12.2. The van der Waals surface area contributed by atoms with E-state index in [0.717, 1.165) is 21.3 Å². The standard InChI is InChI=1S/C18H16BrN3O3/c1-24-17-8-7-14(9-15(17)19)12-25-18(23)16-11-22(21-20-16)10-13-5-3-2-4-6-13/h2-9,11H,10,12H2,1H3. The van der Waals surface area contributed by atoms with E-state index in [9.17, 15) is 4.79 Å². The number of rotatable bonds is 6. The molecule has 0 saturated carbocycles. The quantitative estimate of drug-likeness (QED) is 0.591. The number of hydrogen-bond acceptors (Lipinski definition) is 5. The van der Waals surface area contributed by atoms with Crippen molar-refractivity contribution in [1.29, 1.82) is 0 Å². The minimum Gasteiger partial charge on any atom is -0.496 e. The summed E-state index contributed by atoms with van der Waals surface area (Å²) in [5, 5.41) is 7.84. The van der Waals surface area contributed by atoms with Gasteiger partial charge in [0, 0.05) is 0 Å². The first kappa shape index (κ1) is 17.2. The molecule has 0 unspecified atom stereocenters. The maximum absolute atomic E-state index is 12.1. The molecular weight excluding hydrogens is 386 g/mol. The molecule has 1 aromatic heterocycles. The Kier molecular flexibility index (Phi) is 5.45. The van der Waals surface area contributed by atoms with Crippen molar-refractivity contribution in [1.82, 2.24) is 15.0 Å². The van der Waals surface area contributed by atoms with E-state index in [1.165, 1.54) is 0 Å². The lowest BCUT2D eigenvalue weighted by Gasteiger charge is -2.06. The van der Waals surface area contributed by atoms with Gasteiger partial charge in [0.15, 0.2) is 5.69 Å². The van der Waals surface area contributed by atoms with Crippen LogP contribution in [0.1, 0.15) is 21.6 Å². The van der Waals surface area contributed by atoms with Crippen molar-refractivity contribution in [2.45, 2.75) is 13.2 Å². The van der Waals surface area contributed by atoms with Gasteiger partial charge in [0.25, 0.3) is 0 Å². The number of carbonyl (C=O) groups is 1. The zero-order chi connectivity index (χ0) is 17.6. The average Bonchev–Trinajstić information content (AvgIpc) is 3.09. The van der Waals surface area contributed by atoms with Gasteiger partial charge in [0.2, 0.25) is 0 Å². The lowest BCUT2D eigenvalue weighted by atomic mass is 10.2. The third kappa shape index (κ3) is 4.45. The van der Waals surface area contributed by atoms with E-state index < -0.39 is 5.97 Å². The third-order valence-corrected chi connectivity index (χ3v) is 4.14. The lowest BCUT2D eigenvalue weighted by Crippen LogP contribution is -2.06. The van der Waals surface area contributed by atoms with Gasteiger partial charge < -0.3 is 9.47 Å². The maximum Gasteiger partial charge on any atom is 0.360 e. The van der Waals surface area contributed by atoms with Crippen molar-refractivity contribution in [3.8, 4) is 5.75 Å². The zero-order valence-corrected chi connectivity index (χ0v) is 15.1. The fourth-order valence-corrected chi connectivity index (χ4v) is 2.85. The van der Waals surface area contributed by atoms with Crippen LogP contribution in [0, 0.1) is 0 Å². The predicted octanol–water partition coefficient (Wildman–Crippen LogP) is 3.45. The summed E-state index contributed by atoms with van der Waals surface area (Å²) in [5.41, 5.74) is 2.11. The summed E-state index contributed by atoms with van der Waals surface area (Å²) in [6.45, 7) is 0.694. The number of ether oxygens (including phenoxy) is 2. The predicted molar refractivity (Wildman–Crippen MR) is 95.4 cm³/mol. The van der Waals surface area contributed by atoms with E-state index in [2.05, 4.69) is 26.2 Å². The molecule has 6 nitrogen and oxygen atoms in total. The SMILES string of the molecule is COc1ccc(COC(=O)c2cn(Cc3ccccc3)nn2)cc1Br. The molecule has 2 aromatic carbocycles. The molecule has 0 saturated heterocycles. The van der Waals surface area contributed by atoms with Gasteiger partial charge in [-0.15, -0.1) is 5.10 Å². The number of hydrogen-bond donors (Lipinski definition) is 0. The number of nitrogens with zero attached hydrogens (tertiary/aromatic N) is 3. The molecule has 0 fully saturated rings. The second-order valence-electron chi connectivity index (χ2n) is 5.33. The molecule has 0 aliphatic heterocycles. The highest BCUT2D eigenvalue weighted by Crippen LogP contribution is 2.25. The Bertz CT molecular complexity index is 865. The molecule has 3 aromatic rings. The van der Waals surface area contributed by atoms with Crippen LogP contribution in [0.3, 0.4) is 0 Å². The summed E-state index contributed by atoms with van der Waals surface area (Å²) in [7, 11) is 1.60. The first-order valence-corrected chi connectivity index (χ1v) is 8.38. The second kappa shape index (κ2) is 7.94. The Morgan fingerprint density at radius 1 is 1.16 bits per heavy atom. The Hall–Kier alpha value is -2.67. The number of benzene rings is 2. The number of methoxy groups -OCH3 is 1. The van der Waals surface area contributed by atoms with Crippen molar-refractivity contribution in [3.63, 3.8) is 0 Å². The lowest BCUT2D eigenvalue weighted by molar-refractivity contribution is 0.0465. The average molecular weight is 402 g/mol. The molecular formula is C18H16BrN3O3. The van der Waals surface area contributed by atoms with Crippen molar-refractivity contribution >= 4 is 21.9 Å². The highest BCUT2D eigenvalue weighted by molar-refractivity contribution is 9.10. The second-order valence-corrected chi connectivity index (χ2v) is 6.19. The van der Waals surface area contributed by atoms with Gasteiger partial charge in [-0.3, -0.25) is 0 Å². The number of aromatic nitrogens is 3. The molecule has 0 aliphatic rings. The van der Waals surface area contributed by atoms with Crippen LogP contribution in [0.2, 0.25) is 0 Å². The smallest absolute Gasteiger partial charge is 0.360 e. The van der Waals surface area contributed by atoms with Crippen molar-refractivity contribution < 1.29 is 14.3 Å². The summed E-state index contributed by atoms with van der Waals surface area (Å²) in [6, 6.07) is 15.3. The summed E-state index contributed by atoms with van der Waals surface area (Å²) >= 11 is 3.40. The molecule has 0 bridgehead atoms. The van der Waals surface area contributed by atoms with Crippen molar-refractivity contribution in [2.75, 3.05) is 7.11 Å². The normalized spacial score (nSPS) is 10.5. The van der Waals surface area contributed by atoms with Crippen LogP contribution in [0.15, 0.2) is 59.2 Å². The molecule has 0 N–H and O–H groups in total. The largest absolute Gasteiger partial charge is 0.496 e. The number of halogens is 1. The topological polar surface area (TPSA) is 66.2 Å². The fourth-order valence-electron chi connectivity index (χ4n) is 2.26. The molecule has 128 valence electrons. The van der Waals surface area contributed by atoms with Gasteiger partial charge in [-0.05, 0) is 39.2 Å². The summed E-state index contributed by atoms with van der Waals surface area (Å²) in [4.78, 5) is 12.1. The highest BCUT2D eigenvalue weighted by atomic mass is 79.9. The van der Waals surface area contributed by atoms with Crippen molar-refractivity contribution in [3.05, 3.63) is 76.0 Å². The Labute approximate surface area is 153 Å². The van der Waals surface area contributed by atoms with Crippen LogP contribution in [-0.2, 0) is 17.9 Å². The summed E-state index contributed by atoms with van der Waals surface area (Å²) < 4.78 is 12.9.